The van der Waals surface area contributed by atoms with E-state index in [0.717, 1.165) is 19.6 Å². The number of thiophene rings is 1. The lowest BCUT2D eigenvalue weighted by atomic mass is 9.99. The van der Waals surface area contributed by atoms with E-state index in [4.69, 9.17) is 4.74 Å². The first-order valence-electron chi connectivity index (χ1n) is 7.36. The van der Waals surface area contributed by atoms with Crippen molar-refractivity contribution in [3.63, 3.8) is 0 Å². The molecule has 1 N–H and O–H groups in total. The highest BCUT2D eigenvalue weighted by Crippen LogP contribution is 2.23. The van der Waals surface area contributed by atoms with Crippen molar-refractivity contribution >= 4 is 27.3 Å². The van der Waals surface area contributed by atoms with Crippen molar-refractivity contribution in [2.45, 2.75) is 57.6 Å². The normalized spacial score (nSPS) is 21.5. The van der Waals surface area contributed by atoms with Gasteiger partial charge in [0.15, 0.2) is 0 Å². The molecule has 1 aromatic rings. The molecule has 0 spiro atoms. The lowest BCUT2D eigenvalue weighted by Gasteiger charge is -2.25. The van der Waals surface area contributed by atoms with Crippen LogP contribution in [-0.2, 0) is 11.2 Å². The van der Waals surface area contributed by atoms with Crippen LogP contribution >= 0.6 is 27.3 Å². The van der Waals surface area contributed by atoms with Crippen LogP contribution in [0.25, 0.3) is 0 Å². The van der Waals surface area contributed by atoms with Crippen LogP contribution in [0, 0.1) is 0 Å². The molecule has 1 aliphatic rings. The summed E-state index contributed by atoms with van der Waals surface area (Å²) in [7, 11) is 0. The van der Waals surface area contributed by atoms with E-state index in [2.05, 4.69) is 39.6 Å². The highest BCUT2D eigenvalue weighted by molar-refractivity contribution is 9.10. The maximum Gasteiger partial charge on any atom is 0.0575 e. The smallest absolute Gasteiger partial charge is 0.0575 e. The van der Waals surface area contributed by atoms with Crippen molar-refractivity contribution in [1.29, 1.82) is 0 Å². The molecular formula is C15H24BrNOS. The molecule has 0 amide bonds. The SMILES string of the molecule is CCNC(CCC1CCCCO1)Cc1cc(Br)cs1. The molecule has 2 rings (SSSR count). The minimum atomic E-state index is 0.505. The van der Waals surface area contributed by atoms with Crippen molar-refractivity contribution in [3.05, 3.63) is 20.8 Å². The van der Waals surface area contributed by atoms with E-state index in [9.17, 15) is 0 Å². The van der Waals surface area contributed by atoms with Gasteiger partial charge >= 0.3 is 0 Å². The average Bonchev–Trinajstić information content (AvgIpc) is 2.83. The molecule has 2 unspecified atom stereocenters. The van der Waals surface area contributed by atoms with Gasteiger partial charge in [-0.1, -0.05) is 6.92 Å². The summed E-state index contributed by atoms with van der Waals surface area (Å²) < 4.78 is 7.03. The second kappa shape index (κ2) is 8.40. The largest absolute Gasteiger partial charge is 0.378 e. The van der Waals surface area contributed by atoms with Gasteiger partial charge in [-0.15, -0.1) is 11.3 Å². The Morgan fingerprint density at radius 1 is 1.53 bits per heavy atom. The molecule has 1 saturated heterocycles. The van der Waals surface area contributed by atoms with Crippen molar-refractivity contribution in [1.82, 2.24) is 5.32 Å². The first kappa shape index (κ1) is 15.5. The summed E-state index contributed by atoms with van der Waals surface area (Å²) in [6.07, 6.45) is 7.90. The maximum absolute atomic E-state index is 5.83. The highest BCUT2D eigenvalue weighted by Gasteiger charge is 2.17. The van der Waals surface area contributed by atoms with Gasteiger partial charge in [0.1, 0.15) is 0 Å². The summed E-state index contributed by atoms with van der Waals surface area (Å²) >= 11 is 5.38. The Kier molecular flexibility index (Phi) is 6.85. The van der Waals surface area contributed by atoms with E-state index >= 15 is 0 Å². The minimum Gasteiger partial charge on any atom is -0.378 e. The van der Waals surface area contributed by atoms with E-state index in [0.29, 0.717) is 12.1 Å². The summed E-state index contributed by atoms with van der Waals surface area (Å²) in [5, 5.41) is 5.78. The first-order valence-corrected chi connectivity index (χ1v) is 9.03. The van der Waals surface area contributed by atoms with Crippen LogP contribution in [0.5, 0.6) is 0 Å². The van der Waals surface area contributed by atoms with Gasteiger partial charge in [0, 0.05) is 27.4 Å². The van der Waals surface area contributed by atoms with E-state index in [-0.39, 0.29) is 0 Å². The van der Waals surface area contributed by atoms with Crippen molar-refractivity contribution in [2.24, 2.45) is 0 Å². The van der Waals surface area contributed by atoms with E-state index in [1.54, 1.807) is 0 Å². The Morgan fingerprint density at radius 2 is 2.42 bits per heavy atom. The van der Waals surface area contributed by atoms with Gasteiger partial charge < -0.3 is 10.1 Å². The Morgan fingerprint density at radius 3 is 3.05 bits per heavy atom. The molecule has 2 heterocycles. The van der Waals surface area contributed by atoms with E-state index in [1.165, 1.54) is 41.5 Å². The predicted octanol–water partition coefficient (Wildman–Crippen LogP) is 4.38. The first-order chi connectivity index (χ1) is 9.28. The molecule has 0 aliphatic carbocycles. The fraction of sp³-hybridized carbons (Fsp3) is 0.733. The molecule has 19 heavy (non-hydrogen) atoms. The third kappa shape index (κ3) is 5.54. The monoisotopic (exact) mass is 345 g/mol. The quantitative estimate of drug-likeness (QED) is 0.791. The predicted molar refractivity (Wildman–Crippen MR) is 86.0 cm³/mol. The Hall–Kier alpha value is 0.1000. The van der Waals surface area contributed by atoms with E-state index < -0.39 is 0 Å². The third-order valence-corrected chi connectivity index (χ3v) is 5.39. The molecule has 0 bridgehead atoms. The van der Waals surface area contributed by atoms with Crippen molar-refractivity contribution in [2.75, 3.05) is 13.2 Å². The van der Waals surface area contributed by atoms with Crippen LogP contribution in [-0.4, -0.2) is 25.3 Å². The van der Waals surface area contributed by atoms with Crippen molar-refractivity contribution < 1.29 is 4.74 Å². The molecule has 0 radical (unpaired) electrons. The number of hydrogen-bond donors (Lipinski definition) is 1. The van der Waals surface area contributed by atoms with Gasteiger partial charge in [0.25, 0.3) is 0 Å². The summed E-state index contributed by atoms with van der Waals surface area (Å²) in [6.45, 7) is 4.20. The highest BCUT2D eigenvalue weighted by atomic mass is 79.9. The fourth-order valence-corrected chi connectivity index (χ4v) is 4.22. The molecule has 1 fully saturated rings. The van der Waals surface area contributed by atoms with Gasteiger partial charge in [0.05, 0.1) is 6.10 Å². The summed E-state index contributed by atoms with van der Waals surface area (Å²) in [4.78, 5) is 1.46. The minimum absolute atomic E-state index is 0.505. The van der Waals surface area contributed by atoms with Gasteiger partial charge in [-0.3, -0.25) is 0 Å². The average molecular weight is 346 g/mol. The number of rotatable bonds is 7. The Labute approximate surface area is 129 Å². The zero-order valence-electron chi connectivity index (χ0n) is 11.7. The summed E-state index contributed by atoms with van der Waals surface area (Å²) in [6, 6.07) is 2.83. The van der Waals surface area contributed by atoms with E-state index in [1.807, 2.05) is 11.3 Å². The lowest BCUT2D eigenvalue weighted by Crippen LogP contribution is -2.32. The lowest BCUT2D eigenvalue weighted by molar-refractivity contribution is 0.00862. The second-order valence-electron chi connectivity index (χ2n) is 5.26. The molecule has 2 nitrogen and oxygen atoms in total. The Bertz CT molecular complexity index is 363. The molecule has 0 aromatic carbocycles. The van der Waals surface area contributed by atoms with Crippen LogP contribution in [0.15, 0.2) is 15.9 Å². The van der Waals surface area contributed by atoms with Crippen LogP contribution in [0.4, 0.5) is 0 Å². The van der Waals surface area contributed by atoms with Gasteiger partial charge in [-0.2, -0.15) is 0 Å². The zero-order valence-corrected chi connectivity index (χ0v) is 14.1. The third-order valence-electron chi connectivity index (χ3n) is 3.67. The van der Waals surface area contributed by atoms with Gasteiger partial charge in [-0.25, -0.2) is 0 Å². The van der Waals surface area contributed by atoms with Crippen LogP contribution < -0.4 is 5.32 Å². The number of halogens is 1. The molecule has 0 saturated carbocycles. The molecule has 2 atom stereocenters. The second-order valence-corrected chi connectivity index (χ2v) is 7.17. The molecule has 1 aliphatic heterocycles. The van der Waals surface area contributed by atoms with Crippen molar-refractivity contribution in [3.8, 4) is 0 Å². The number of ether oxygens (including phenoxy) is 1. The fourth-order valence-electron chi connectivity index (χ4n) is 2.69. The standard InChI is InChI=1S/C15H24BrNOS/c1-2-17-13(10-15-9-12(16)11-19-15)6-7-14-5-3-4-8-18-14/h9,11,13-14,17H,2-8,10H2,1H3. The van der Waals surface area contributed by atoms with Gasteiger partial charge in [0.2, 0.25) is 0 Å². The van der Waals surface area contributed by atoms with Gasteiger partial charge in [-0.05, 0) is 67.1 Å². The number of hydrogen-bond acceptors (Lipinski definition) is 3. The number of likely N-dealkylation sites (N-methyl/N-ethyl adjacent to an activating group) is 1. The number of nitrogens with one attached hydrogen (secondary N) is 1. The zero-order chi connectivity index (χ0) is 13.5. The van der Waals surface area contributed by atoms with Crippen LogP contribution in [0.1, 0.15) is 43.9 Å². The van der Waals surface area contributed by atoms with Crippen LogP contribution in [0.3, 0.4) is 0 Å². The molecular weight excluding hydrogens is 322 g/mol. The maximum atomic E-state index is 5.83. The molecule has 1 aromatic heterocycles. The summed E-state index contributed by atoms with van der Waals surface area (Å²) in [5.41, 5.74) is 0. The molecule has 108 valence electrons. The summed E-state index contributed by atoms with van der Waals surface area (Å²) in [5.74, 6) is 0. The Balaban J connectivity index is 1.78. The van der Waals surface area contributed by atoms with Crippen LogP contribution in [0.2, 0.25) is 0 Å². The molecule has 4 heteroatoms. The topological polar surface area (TPSA) is 21.3 Å².